The predicted octanol–water partition coefficient (Wildman–Crippen LogP) is -0.325. The Morgan fingerprint density at radius 3 is 1.33 bits per heavy atom. The number of aliphatic hydroxyl groups excluding tert-OH is 16. The Kier molecular flexibility index (Phi) is 45.2. The number of hydrogen-bond acceptors (Lipinski definition) is 29. The van der Waals surface area contributed by atoms with Crippen molar-refractivity contribution in [2.75, 3.05) is 33.0 Å². The van der Waals surface area contributed by atoms with Crippen molar-refractivity contribution in [3.63, 3.8) is 0 Å². The lowest BCUT2D eigenvalue weighted by Gasteiger charge is -2.51. The second-order valence-corrected chi connectivity index (χ2v) is 29.6. The number of aliphatic carboxylic acids is 2. The van der Waals surface area contributed by atoms with Crippen molar-refractivity contribution in [2.45, 2.75) is 398 Å². The quantitative estimate of drug-likeness (QED) is 0.0347. The molecule has 4 heterocycles. The Hall–Kier alpha value is -3.61. The molecule has 4 fully saturated rings. The van der Waals surface area contributed by atoms with Crippen molar-refractivity contribution < 1.29 is 154 Å². The number of aliphatic hydroxyl groups is 16. The molecule has 4 aliphatic heterocycles. The third-order valence-corrected chi connectivity index (χ3v) is 20.8. The molecule has 107 heavy (non-hydrogen) atoms. The minimum Gasteiger partial charge on any atom is -0.477 e. The van der Waals surface area contributed by atoms with E-state index in [0.29, 0.717) is 12.8 Å². The van der Waals surface area contributed by atoms with Crippen LogP contribution in [0.15, 0.2) is 0 Å². The number of rotatable bonds is 56. The van der Waals surface area contributed by atoms with E-state index < -0.39 is 234 Å². The Labute approximate surface area is 628 Å². The van der Waals surface area contributed by atoms with Gasteiger partial charge in [0, 0.05) is 26.7 Å². The summed E-state index contributed by atoms with van der Waals surface area (Å²) in [6, 6.07) is -5.12. The molecule has 4 unspecified atom stereocenters. The van der Waals surface area contributed by atoms with Crippen molar-refractivity contribution in [1.29, 1.82) is 0 Å². The van der Waals surface area contributed by atoms with Gasteiger partial charge >= 0.3 is 11.9 Å². The molecule has 3 amide bonds. The normalized spacial score (nSPS) is 31.4. The number of carbonyl (C=O) groups excluding carboxylic acids is 3. The number of hydrogen-bond donors (Lipinski definition) is 21. The first-order chi connectivity index (χ1) is 51.0. The minimum atomic E-state index is -3.42. The number of ether oxygens (including phenoxy) is 8. The molecule has 0 aromatic rings. The summed E-state index contributed by atoms with van der Waals surface area (Å²) in [6.07, 6.45) is -14.3. The van der Waals surface area contributed by atoms with Crippen LogP contribution in [0.1, 0.15) is 240 Å². The Morgan fingerprint density at radius 2 is 0.897 bits per heavy atom. The van der Waals surface area contributed by atoms with E-state index in [-0.39, 0.29) is 12.8 Å². The van der Waals surface area contributed by atoms with Gasteiger partial charge in [0.25, 0.3) is 11.6 Å². The van der Waals surface area contributed by atoms with Gasteiger partial charge in [0.05, 0.1) is 69.5 Å². The zero-order chi connectivity index (χ0) is 79.4. The lowest BCUT2D eigenvalue weighted by molar-refractivity contribution is -0.388. The molecule has 0 aromatic heterocycles. The van der Waals surface area contributed by atoms with Crippen LogP contribution in [0.2, 0.25) is 0 Å². The molecule has 4 aliphatic rings. The number of amides is 3. The minimum absolute atomic E-state index is 0.0882. The van der Waals surface area contributed by atoms with E-state index in [4.69, 9.17) is 37.9 Å². The number of nitrogens with one attached hydrogen (secondary N) is 3. The van der Waals surface area contributed by atoms with E-state index in [0.717, 1.165) is 78.1 Å². The summed E-state index contributed by atoms with van der Waals surface area (Å²) in [7, 11) is 0. The van der Waals surface area contributed by atoms with Crippen LogP contribution in [-0.2, 0) is 61.9 Å². The van der Waals surface area contributed by atoms with Crippen LogP contribution >= 0.6 is 0 Å². The monoisotopic (exact) mass is 1550 g/mol. The van der Waals surface area contributed by atoms with Crippen LogP contribution in [0, 0.1) is 0 Å². The van der Waals surface area contributed by atoms with E-state index in [2.05, 4.69) is 29.8 Å². The summed E-state index contributed by atoms with van der Waals surface area (Å²) in [6.45, 7) is 0.701. The molecular formula is C73H133N3O31. The zero-order valence-corrected chi connectivity index (χ0v) is 63.1. The third kappa shape index (κ3) is 30.4. The molecule has 26 atom stereocenters. The highest BCUT2D eigenvalue weighted by molar-refractivity contribution is 5.81. The van der Waals surface area contributed by atoms with Crippen LogP contribution in [0.25, 0.3) is 0 Å². The average Bonchev–Trinajstić information content (AvgIpc) is 0.744. The molecule has 0 saturated carbocycles. The van der Waals surface area contributed by atoms with Gasteiger partial charge in [-0.2, -0.15) is 0 Å². The molecule has 0 aromatic carbocycles. The van der Waals surface area contributed by atoms with Gasteiger partial charge in [-0.25, -0.2) is 9.59 Å². The van der Waals surface area contributed by atoms with E-state index in [9.17, 15) is 116 Å². The molecule has 626 valence electrons. The van der Waals surface area contributed by atoms with Gasteiger partial charge < -0.3 is 146 Å². The largest absolute Gasteiger partial charge is 0.477 e. The number of unbranched alkanes of at least 4 members (excludes halogenated alkanes) is 27. The highest BCUT2D eigenvalue weighted by Crippen LogP contribution is 2.41. The fourth-order valence-electron chi connectivity index (χ4n) is 14.4. The molecule has 4 saturated heterocycles. The lowest BCUT2D eigenvalue weighted by Crippen LogP contribution is -2.72. The molecule has 0 aliphatic carbocycles. The van der Waals surface area contributed by atoms with Gasteiger partial charge in [-0.1, -0.05) is 200 Å². The fraction of sp³-hybridized carbons (Fsp3) is 0.932. The maximum absolute atomic E-state index is 13.7. The number of carboxylic acid groups (broad SMARTS) is 2. The first-order valence-electron chi connectivity index (χ1n) is 39.2. The Bertz CT molecular complexity index is 2480. The Morgan fingerprint density at radius 1 is 0.477 bits per heavy atom. The second-order valence-electron chi connectivity index (χ2n) is 29.6. The second kappa shape index (κ2) is 50.5. The first kappa shape index (κ1) is 95.8. The van der Waals surface area contributed by atoms with Crippen LogP contribution < -0.4 is 16.0 Å². The van der Waals surface area contributed by atoms with Crippen LogP contribution in [0.4, 0.5) is 0 Å². The summed E-state index contributed by atoms with van der Waals surface area (Å²) >= 11 is 0. The average molecular weight is 1550 g/mol. The van der Waals surface area contributed by atoms with Gasteiger partial charge in [0.15, 0.2) is 12.6 Å². The highest BCUT2D eigenvalue weighted by atomic mass is 16.8. The van der Waals surface area contributed by atoms with E-state index >= 15 is 0 Å². The lowest BCUT2D eigenvalue weighted by atomic mass is 9.87. The molecule has 4 rings (SSSR count). The van der Waals surface area contributed by atoms with Crippen LogP contribution in [0.3, 0.4) is 0 Å². The van der Waals surface area contributed by atoms with Crippen molar-refractivity contribution >= 4 is 29.7 Å². The summed E-state index contributed by atoms with van der Waals surface area (Å²) in [5.74, 6) is -13.7. The molecule has 0 bridgehead atoms. The fourth-order valence-corrected chi connectivity index (χ4v) is 14.4. The maximum Gasteiger partial charge on any atom is 0.364 e. The molecule has 34 heteroatoms. The molecule has 0 spiro atoms. The Balaban J connectivity index is 1.49. The van der Waals surface area contributed by atoms with E-state index in [1.54, 1.807) is 0 Å². The SMILES string of the molecule is CCCCCCCCCCCCCCCCCCCCC(O)C(=O)NC(CO[C@@H]1O[C@H](CO)[C@@H](O[C@@H]2O[C@H](CO)[C@H](O)[C@H](O[C@]3(C(=O)O)C[C@H](O)[C@@H](NC(C)=O)[C@H]([C@H](O)[C@H](CO)O[C@]4(C(=O)O)C[C@H](O)[C@@H](NC(C)=O)[C@H]([C@@H](O)[C@@H](O)CO)O4)O3)[C@H]2O)[C@H](O)[C@H]1O)C(O)C(O)CCCCCCCCCCCCC. The number of carboxylic acids is 2. The molecule has 34 nitrogen and oxygen atoms in total. The molecular weight excluding hydrogens is 1410 g/mol. The molecule has 0 radical (unpaired) electrons. The van der Waals surface area contributed by atoms with Crippen molar-refractivity contribution in [3.05, 3.63) is 0 Å². The maximum atomic E-state index is 13.7. The van der Waals surface area contributed by atoms with Crippen molar-refractivity contribution in [1.82, 2.24) is 16.0 Å². The standard InChI is InChI=1S/C73H133N3O31/c1-5-7-9-11-13-15-17-18-19-20-21-22-23-25-27-29-31-33-35-47(84)67(95)76-45(56(88)46(83)34-32-30-28-26-24-16-14-12-10-8-6-2)42-100-68-61(93)60(92)63(53(41-80)102-68)103-69-62(94)66(58(90)51(39-78)101-69)107-73(71(98)99)37-49(86)55(75-44(4)82)65(106-73)59(91)52(40-79)104-72(70(96)97)36-48(85)54(74-43(3)81)64(105-72)57(89)50(87)38-77/h45-66,68-69,77-80,83-94H,5-42H2,1-4H3,(H,74,81)(H,75,82)(H,76,95)(H,96,97)(H,98,99)/t45?,46?,47?,48-,49-,50-,51+,52-,53+,54+,55+,56?,57-,58-,59+,60+,61+,62+,63+,64+,65+,66-,68+,69-,72+,73-/m0/s1. The van der Waals surface area contributed by atoms with Crippen LogP contribution in [0.5, 0.6) is 0 Å². The topological polar surface area (TPSA) is 559 Å². The summed E-state index contributed by atoms with van der Waals surface area (Å²) in [5, 5.41) is 207. The van der Waals surface area contributed by atoms with Gasteiger partial charge in [-0.3, -0.25) is 14.4 Å². The third-order valence-electron chi connectivity index (χ3n) is 20.8. The summed E-state index contributed by atoms with van der Waals surface area (Å²) < 4.78 is 46.3. The van der Waals surface area contributed by atoms with Crippen molar-refractivity contribution in [3.8, 4) is 0 Å². The summed E-state index contributed by atoms with van der Waals surface area (Å²) in [5.41, 5.74) is 0. The smallest absolute Gasteiger partial charge is 0.364 e. The summed E-state index contributed by atoms with van der Waals surface area (Å²) in [4.78, 5) is 65.2. The van der Waals surface area contributed by atoms with Crippen molar-refractivity contribution in [2.24, 2.45) is 0 Å². The van der Waals surface area contributed by atoms with Gasteiger partial charge in [-0.15, -0.1) is 0 Å². The number of carbonyl (C=O) groups is 5. The first-order valence-corrected chi connectivity index (χ1v) is 39.2. The van der Waals surface area contributed by atoms with Gasteiger partial charge in [0.1, 0.15) is 97.7 Å². The van der Waals surface area contributed by atoms with Gasteiger partial charge in [-0.05, 0) is 12.8 Å². The molecule has 21 N–H and O–H groups in total. The predicted molar refractivity (Wildman–Crippen MR) is 380 cm³/mol. The van der Waals surface area contributed by atoms with E-state index in [1.807, 2.05) is 0 Å². The van der Waals surface area contributed by atoms with Crippen LogP contribution in [-0.4, -0.2) is 313 Å². The zero-order valence-electron chi connectivity index (χ0n) is 63.1. The van der Waals surface area contributed by atoms with Gasteiger partial charge in [0.2, 0.25) is 17.7 Å². The van der Waals surface area contributed by atoms with E-state index in [1.165, 1.54) is 109 Å². The highest BCUT2D eigenvalue weighted by Gasteiger charge is 2.62.